The number of sulfonamides is 1. The van der Waals surface area contributed by atoms with Crippen molar-refractivity contribution in [3.8, 4) is 0 Å². The van der Waals surface area contributed by atoms with E-state index in [1.807, 2.05) is 14.1 Å². The van der Waals surface area contributed by atoms with Crippen LogP contribution in [-0.2, 0) is 10.0 Å². The second-order valence-electron chi connectivity index (χ2n) is 6.66. The van der Waals surface area contributed by atoms with E-state index >= 15 is 0 Å². The molecule has 1 fully saturated rings. The number of rotatable bonds is 5. The summed E-state index contributed by atoms with van der Waals surface area (Å²) in [7, 11) is 3.07. The van der Waals surface area contributed by atoms with Crippen LogP contribution >= 0.6 is 0 Å². The third kappa shape index (κ3) is 4.25. The summed E-state index contributed by atoms with van der Waals surface area (Å²) in [6.45, 7) is 2.01. The van der Waals surface area contributed by atoms with E-state index in [2.05, 4.69) is 9.97 Å². The highest BCUT2D eigenvalue weighted by Gasteiger charge is 2.38. The van der Waals surface area contributed by atoms with Gasteiger partial charge in [0.2, 0.25) is 16.0 Å². The van der Waals surface area contributed by atoms with Crippen LogP contribution < -0.4 is 4.90 Å². The number of anilines is 1. The lowest BCUT2D eigenvalue weighted by Crippen LogP contribution is -2.34. The number of carbonyl (C=O) groups excluding carboxylic acids is 1. The second-order valence-corrected chi connectivity index (χ2v) is 8.89. The van der Waals surface area contributed by atoms with E-state index < -0.39 is 22.0 Å². The van der Waals surface area contributed by atoms with Gasteiger partial charge >= 0.3 is 0 Å². The summed E-state index contributed by atoms with van der Waals surface area (Å²) in [4.78, 5) is 24.3. The van der Waals surface area contributed by atoms with E-state index in [1.165, 1.54) is 25.2 Å². The van der Waals surface area contributed by atoms with Crippen LogP contribution in [-0.4, -0.2) is 91.7 Å². The van der Waals surface area contributed by atoms with Gasteiger partial charge < -0.3 is 14.9 Å². The molecule has 2 atom stereocenters. The van der Waals surface area contributed by atoms with Crippen LogP contribution in [0.2, 0.25) is 0 Å². The second kappa shape index (κ2) is 7.22. The number of carbonyl (C=O) groups is 1. The number of likely N-dealkylation sites (tertiary alicyclic amines) is 1. The molecule has 0 spiro atoms. The molecule has 1 aromatic heterocycles. The topological polar surface area (TPSA) is 107 Å². The van der Waals surface area contributed by atoms with E-state index in [4.69, 9.17) is 0 Å². The number of β-amino-alcohol motifs (C(OH)–C–C–N with tert-alkyl or cyclic N) is 1. The maximum atomic E-state index is 12.7. The van der Waals surface area contributed by atoms with Crippen molar-refractivity contribution >= 4 is 21.9 Å². The molecule has 9 nitrogen and oxygen atoms in total. The Morgan fingerprint density at radius 3 is 2.48 bits per heavy atom. The van der Waals surface area contributed by atoms with Gasteiger partial charge in [0.1, 0.15) is 0 Å². The molecule has 10 heteroatoms. The Balaban J connectivity index is 2.14. The average Bonchev–Trinajstić information content (AvgIpc) is 2.86. The van der Waals surface area contributed by atoms with Gasteiger partial charge in [-0.15, -0.1) is 0 Å². The zero-order valence-corrected chi connectivity index (χ0v) is 16.0. The van der Waals surface area contributed by atoms with Crippen LogP contribution in [0.5, 0.6) is 0 Å². The smallest absolute Gasteiger partial charge is 0.257 e. The van der Waals surface area contributed by atoms with E-state index in [-0.39, 0.29) is 24.7 Å². The van der Waals surface area contributed by atoms with Crippen molar-refractivity contribution < 1.29 is 18.3 Å². The molecule has 2 rings (SSSR count). The predicted octanol–water partition coefficient (Wildman–Crippen LogP) is -0.825. The fraction of sp³-hybridized carbons (Fsp3) is 0.667. The number of aryl methyl sites for hydroxylation is 1. The van der Waals surface area contributed by atoms with Gasteiger partial charge in [-0.2, -0.15) is 0 Å². The Labute approximate surface area is 148 Å². The summed E-state index contributed by atoms with van der Waals surface area (Å²) >= 11 is 0. The molecule has 1 aromatic rings. The summed E-state index contributed by atoms with van der Waals surface area (Å²) < 4.78 is 25.2. The minimum absolute atomic E-state index is 0.0985. The summed E-state index contributed by atoms with van der Waals surface area (Å²) in [5.41, 5.74) is 0.900. The van der Waals surface area contributed by atoms with Crippen molar-refractivity contribution in [3.63, 3.8) is 0 Å². The fourth-order valence-corrected chi connectivity index (χ4v) is 3.82. The van der Waals surface area contributed by atoms with Gasteiger partial charge in [0, 0.05) is 53.4 Å². The lowest BCUT2D eigenvalue weighted by molar-refractivity contribution is 0.0763. The summed E-state index contributed by atoms with van der Waals surface area (Å²) in [6.07, 6.45) is 0.594. The summed E-state index contributed by atoms with van der Waals surface area (Å²) in [5, 5.41) is 10.2. The number of hydrogen-bond acceptors (Lipinski definition) is 7. The van der Waals surface area contributed by atoms with E-state index in [0.717, 1.165) is 4.31 Å². The van der Waals surface area contributed by atoms with Gasteiger partial charge in [-0.1, -0.05) is 0 Å². The van der Waals surface area contributed by atoms with Crippen LogP contribution in [0.4, 0.5) is 5.95 Å². The summed E-state index contributed by atoms with van der Waals surface area (Å²) in [6, 6.07) is 0. The highest BCUT2D eigenvalue weighted by atomic mass is 32.2. The lowest BCUT2D eigenvalue weighted by atomic mass is 10.1. The molecule has 0 unspecified atom stereocenters. The normalized spacial score (nSPS) is 21.0. The Morgan fingerprint density at radius 1 is 1.32 bits per heavy atom. The molecule has 1 N–H and O–H groups in total. The Hall–Kier alpha value is -1.78. The molecule has 0 bridgehead atoms. The first-order valence-electron chi connectivity index (χ1n) is 7.91. The maximum absolute atomic E-state index is 12.7. The number of nitrogens with zero attached hydrogens (tertiary/aromatic N) is 5. The van der Waals surface area contributed by atoms with Crippen molar-refractivity contribution in [3.05, 3.63) is 17.5 Å². The van der Waals surface area contributed by atoms with E-state index in [9.17, 15) is 18.3 Å². The minimum atomic E-state index is -3.45. The quantitative estimate of drug-likeness (QED) is 0.720. The van der Waals surface area contributed by atoms with Gasteiger partial charge in [0.05, 0.1) is 23.1 Å². The molecule has 25 heavy (non-hydrogen) atoms. The third-order valence-electron chi connectivity index (χ3n) is 4.27. The van der Waals surface area contributed by atoms with Gasteiger partial charge in [0.15, 0.2) is 0 Å². The molecule has 2 heterocycles. The Morgan fingerprint density at radius 2 is 1.96 bits per heavy atom. The molecule has 1 amide bonds. The molecule has 1 aliphatic heterocycles. The Kier molecular flexibility index (Phi) is 5.65. The molecule has 1 saturated heterocycles. The number of aliphatic hydroxyl groups excluding tert-OH is 1. The maximum Gasteiger partial charge on any atom is 0.257 e. The zero-order valence-electron chi connectivity index (χ0n) is 15.2. The van der Waals surface area contributed by atoms with Crippen LogP contribution in [0.15, 0.2) is 6.20 Å². The average molecular weight is 371 g/mol. The highest BCUT2D eigenvalue weighted by molar-refractivity contribution is 7.89. The molecule has 1 aliphatic rings. The minimum Gasteiger partial charge on any atom is -0.391 e. The largest absolute Gasteiger partial charge is 0.391 e. The van der Waals surface area contributed by atoms with Crippen molar-refractivity contribution in [2.24, 2.45) is 5.92 Å². The molecule has 0 saturated carbocycles. The van der Waals surface area contributed by atoms with E-state index in [1.54, 1.807) is 11.8 Å². The van der Waals surface area contributed by atoms with Gasteiger partial charge in [-0.3, -0.25) is 4.79 Å². The zero-order chi connectivity index (χ0) is 18.9. The standard InChI is InChI=1S/C15H25N5O4S/c1-10-12(6-16-15(17-10)18(2)3)14(22)20-7-11(13(21)8-20)9-25(23,24)19(4)5/h6,11,13,21H,7-9H2,1-5H3/t11-,13-/m0/s1. The highest BCUT2D eigenvalue weighted by Crippen LogP contribution is 2.22. The molecular weight excluding hydrogens is 346 g/mol. The van der Waals surface area contributed by atoms with Crippen LogP contribution in [0.3, 0.4) is 0 Å². The first-order valence-corrected chi connectivity index (χ1v) is 9.52. The molecule has 0 aromatic carbocycles. The number of amides is 1. The lowest BCUT2D eigenvalue weighted by Gasteiger charge is -2.19. The van der Waals surface area contributed by atoms with Crippen LogP contribution in [0, 0.1) is 12.8 Å². The van der Waals surface area contributed by atoms with E-state index in [0.29, 0.717) is 17.2 Å². The first kappa shape index (κ1) is 19.5. The molecule has 140 valence electrons. The van der Waals surface area contributed by atoms with Crippen molar-refractivity contribution in [2.75, 3.05) is 51.9 Å². The summed E-state index contributed by atoms with van der Waals surface area (Å²) in [5.74, 6) is -0.504. The van der Waals surface area contributed by atoms with Crippen molar-refractivity contribution in [2.45, 2.75) is 13.0 Å². The number of aliphatic hydroxyl groups is 1. The fourth-order valence-electron chi connectivity index (χ4n) is 2.65. The van der Waals surface area contributed by atoms with Gasteiger partial charge in [0.25, 0.3) is 5.91 Å². The van der Waals surface area contributed by atoms with Crippen molar-refractivity contribution in [1.29, 1.82) is 0 Å². The third-order valence-corrected chi connectivity index (χ3v) is 6.23. The number of hydrogen-bond donors (Lipinski definition) is 1. The van der Waals surface area contributed by atoms with Crippen LogP contribution in [0.25, 0.3) is 0 Å². The first-order chi connectivity index (χ1) is 11.5. The molecular formula is C15H25N5O4S. The monoisotopic (exact) mass is 371 g/mol. The van der Waals surface area contributed by atoms with Crippen LogP contribution in [0.1, 0.15) is 16.1 Å². The molecule has 0 radical (unpaired) electrons. The SMILES string of the molecule is Cc1nc(N(C)C)ncc1C(=O)N1C[C@@H](CS(=O)(=O)N(C)C)[C@@H](O)C1. The molecule has 0 aliphatic carbocycles. The van der Waals surface area contributed by atoms with Gasteiger partial charge in [-0.25, -0.2) is 22.7 Å². The van der Waals surface area contributed by atoms with Crippen molar-refractivity contribution in [1.82, 2.24) is 19.2 Å². The predicted molar refractivity (Wildman–Crippen MR) is 94.0 cm³/mol. The van der Waals surface area contributed by atoms with Gasteiger partial charge in [-0.05, 0) is 6.92 Å². The number of aromatic nitrogens is 2. The Bertz CT molecular complexity index is 750.